The maximum atomic E-state index is 11.5. The predicted molar refractivity (Wildman–Crippen MR) is 88.3 cm³/mol. The van der Waals surface area contributed by atoms with Crippen molar-refractivity contribution in [3.05, 3.63) is 24.3 Å². The summed E-state index contributed by atoms with van der Waals surface area (Å²) in [5.74, 6) is -0.531. The second kappa shape index (κ2) is 7.33. The molecule has 1 fully saturated rings. The van der Waals surface area contributed by atoms with E-state index in [1.54, 1.807) is 0 Å². The van der Waals surface area contributed by atoms with Crippen molar-refractivity contribution in [2.45, 2.75) is 25.7 Å². The molecule has 1 aliphatic heterocycles. The summed E-state index contributed by atoms with van der Waals surface area (Å²) in [6, 6.07) is 8.39. The van der Waals surface area contributed by atoms with E-state index in [0.717, 1.165) is 43.5 Å². The minimum absolute atomic E-state index is 0.320. The topological polar surface area (TPSA) is 98.7 Å². The molecule has 0 spiro atoms. The quantitative estimate of drug-likeness (QED) is 0.811. The van der Waals surface area contributed by atoms with Crippen LogP contribution in [0.5, 0.6) is 0 Å². The molecule has 3 rings (SSSR count). The highest BCUT2D eigenvalue weighted by Crippen LogP contribution is 2.28. The number of primary amides is 1. The van der Waals surface area contributed by atoms with Gasteiger partial charge in [0.15, 0.2) is 12.2 Å². The van der Waals surface area contributed by atoms with E-state index in [4.69, 9.17) is 14.9 Å². The summed E-state index contributed by atoms with van der Waals surface area (Å²) >= 11 is 0. The van der Waals surface area contributed by atoms with Gasteiger partial charge in [0, 0.05) is 19.5 Å². The number of oxazole rings is 1. The number of ether oxygens (including phenoxy) is 1. The average molecular weight is 331 g/mol. The molecule has 0 radical (unpaired) electrons. The van der Waals surface area contributed by atoms with Crippen LogP contribution in [0.3, 0.4) is 0 Å². The lowest BCUT2D eigenvalue weighted by molar-refractivity contribution is -0.148. The first-order valence-corrected chi connectivity index (χ1v) is 8.16. The number of hydrogen-bond donors (Lipinski definition) is 1. The van der Waals surface area contributed by atoms with Gasteiger partial charge in [-0.1, -0.05) is 12.1 Å². The Labute approximate surface area is 139 Å². The maximum absolute atomic E-state index is 11.5. The number of carbonyl (C=O) groups is 2. The number of para-hydroxylation sites is 2. The minimum atomic E-state index is -0.630. The molecule has 0 unspecified atom stereocenters. The van der Waals surface area contributed by atoms with E-state index < -0.39 is 5.91 Å². The molecule has 0 bridgehead atoms. The molecular formula is C17H21N3O4. The van der Waals surface area contributed by atoms with Crippen molar-refractivity contribution in [2.24, 2.45) is 11.7 Å². The number of rotatable bonds is 6. The summed E-state index contributed by atoms with van der Waals surface area (Å²) in [7, 11) is 0. The van der Waals surface area contributed by atoms with Crippen LogP contribution in [0.15, 0.2) is 28.7 Å². The monoisotopic (exact) mass is 331 g/mol. The van der Waals surface area contributed by atoms with Crippen LogP contribution in [0.25, 0.3) is 11.1 Å². The Morgan fingerprint density at radius 1 is 1.29 bits per heavy atom. The molecule has 2 aromatic rings. The number of carbonyl (C=O) groups excluding carboxylic acids is 2. The van der Waals surface area contributed by atoms with Crippen LogP contribution in [0.4, 0.5) is 6.01 Å². The summed E-state index contributed by atoms with van der Waals surface area (Å²) in [5, 5.41) is 0. The Hall–Kier alpha value is -2.57. The fraction of sp³-hybridized carbons (Fsp3) is 0.471. The largest absolute Gasteiger partial charge is 0.456 e. The lowest BCUT2D eigenvalue weighted by Crippen LogP contribution is -2.34. The van der Waals surface area contributed by atoms with Gasteiger partial charge in [0.25, 0.3) is 11.9 Å². The number of amides is 1. The lowest BCUT2D eigenvalue weighted by atomic mass is 9.92. The van der Waals surface area contributed by atoms with Gasteiger partial charge in [0.2, 0.25) is 0 Å². The minimum Gasteiger partial charge on any atom is -0.456 e. The van der Waals surface area contributed by atoms with Crippen LogP contribution in [0.2, 0.25) is 0 Å². The molecule has 1 aromatic heterocycles. The molecular weight excluding hydrogens is 310 g/mol. The molecule has 7 nitrogen and oxygen atoms in total. The molecule has 0 saturated carbocycles. The first-order valence-electron chi connectivity index (χ1n) is 8.16. The van der Waals surface area contributed by atoms with Gasteiger partial charge < -0.3 is 19.8 Å². The van der Waals surface area contributed by atoms with Crippen LogP contribution in [-0.4, -0.2) is 36.6 Å². The van der Waals surface area contributed by atoms with Gasteiger partial charge in [-0.05, 0) is 37.3 Å². The lowest BCUT2D eigenvalue weighted by Gasteiger charge is -2.30. The molecule has 128 valence electrons. The van der Waals surface area contributed by atoms with Crippen LogP contribution < -0.4 is 10.6 Å². The number of esters is 1. The third-order valence-corrected chi connectivity index (χ3v) is 4.30. The number of aromatic nitrogens is 1. The molecule has 0 aliphatic carbocycles. The molecule has 1 aliphatic rings. The normalized spacial score (nSPS) is 15.6. The molecule has 1 aromatic carbocycles. The first kappa shape index (κ1) is 16.3. The van der Waals surface area contributed by atoms with E-state index in [1.807, 2.05) is 24.3 Å². The van der Waals surface area contributed by atoms with Gasteiger partial charge >= 0.3 is 5.97 Å². The molecule has 7 heteroatoms. The summed E-state index contributed by atoms with van der Waals surface area (Å²) in [4.78, 5) is 28.7. The van der Waals surface area contributed by atoms with E-state index in [0.29, 0.717) is 18.4 Å². The summed E-state index contributed by atoms with van der Waals surface area (Å²) in [6.45, 7) is 1.37. The van der Waals surface area contributed by atoms with E-state index >= 15 is 0 Å². The standard InChI is InChI=1S/C17H21N3O4/c18-15(21)11-23-16(22)6-5-12-7-9-20(10-8-12)17-19-13-3-1-2-4-14(13)24-17/h1-4,12H,5-11H2,(H2,18,21). The Morgan fingerprint density at radius 2 is 2.04 bits per heavy atom. The smallest absolute Gasteiger partial charge is 0.306 e. The zero-order chi connectivity index (χ0) is 16.9. The molecule has 2 N–H and O–H groups in total. The van der Waals surface area contributed by atoms with Gasteiger partial charge in [0.05, 0.1) is 0 Å². The van der Waals surface area contributed by atoms with Crippen LogP contribution >= 0.6 is 0 Å². The van der Waals surface area contributed by atoms with Gasteiger partial charge in [-0.3, -0.25) is 9.59 Å². The number of nitrogens with zero attached hydrogens (tertiary/aromatic N) is 2. The highest BCUT2D eigenvalue weighted by Gasteiger charge is 2.23. The number of piperidine rings is 1. The number of hydrogen-bond acceptors (Lipinski definition) is 6. The average Bonchev–Trinajstić information content (AvgIpc) is 3.02. The van der Waals surface area contributed by atoms with Crippen molar-refractivity contribution < 1.29 is 18.7 Å². The van der Waals surface area contributed by atoms with E-state index in [2.05, 4.69) is 9.88 Å². The Bertz CT molecular complexity index is 686. The molecule has 1 amide bonds. The summed E-state index contributed by atoms with van der Waals surface area (Å²) in [6.07, 6.45) is 3.03. The Kier molecular flexibility index (Phi) is 4.98. The molecule has 2 heterocycles. The Morgan fingerprint density at radius 3 is 2.75 bits per heavy atom. The second-order valence-corrected chi connectivity index (χ2v) is 6.06. The molecule has 1 saturated heterocycles. The van der Waals surface area contributed by atoms with Crippen LogP contribution in [0.1, 0.15) is 25.7 Å². The highest BCUT2D eigenvalue weighted by atomic mass is 16.5. The fourth-order valence-electron chi connectivity index (χ4n) is 2.95. The maximum Gasteiger partial charge on any atom is 0.306 e. The van der Waals surface area contributed by atoms with Crippen molar-refractivity contribution >= 4 is 29.0 Å². The first-order chi connectivity index (χ1) is 11.6. The van der Waals surface area contributed by atoms with Gasteiger partial charge in [-0.25, -0.2) is 0 Å². The Balaban J connectivity index is 1.45. The SMILES string of the molecule is NC(=O)COC(=O)CCC1CCN(c2nc3ccccc3o2)CC1. The second-order valence-electron chi connectivity index (χ2n) is 6.06. The van der Waals surface area contributed by atoms with Crippen molar-refractivity contribution in [3.63, 3.8) is 0 Å². The van der Waals surface area contributed by atoms with Crippen molar-refractivity contribution in [1.29, 1.82) is 0 Å². The number of fused-ring (bicyclic) bond motifs is 1. The molecule has 0 atom stereocenters. The van der Waals surface area contributed by atoms with Gasteiger partial charge in [-0.2, -0.15) is 4.98 Å². The highest BCUT2D eigenvalue weighted by molar-refractivity contribution is 5.79. The van der Waals surface area contributed by atoms with E-state index in [-0.39, 0.29) is 12.6 Å². The number of anilines is 1. The van der Waals surface area contributed by atoms with Crippen molar-refractivity contribution in [3.8, 4) is 0 Å². The fourth-order valence-corrected chi connectivity index (χ4v) is 2.95. The zero-order valence-electron chi connectivity index (χ0n) is 13.4. The summed E-state index contributed by atoms with van der Waals surface area (Å²) < 4.78 is 10.6. The van der Waals surface area contributed by atoms with Crippen LogP contribution in [0, 0.1) is 5.92 Å². The van der Waals surface area contributed by atoms with Crippen molar-refractivity contribution in [2.75, 3.05) is 24.6 Å². The predicted octanol–water partition coefficient (Wildman–Crippen LogP) is 1.85. The third kappa shape index (κ3) is 4.04. The van der Waals surface area contributed by atoms with Gasteiger partial charge in [-0.15, -0.1) is 0 Å². The third-order valence-electron chi connectivity index (χ3n) is 4.30. The van der Waals surface area contributed by atoms with Gasteiger partial charge in [0.1, 0.15) is 5.52 Å². The van der Waals surface area contributed by atoms with Crippen LogP contribution in [-0.2, 0) is 14.3 Å². The number of nitrogens with two attached hydrogens (primary N) is 1. The van der Waals surface area contributed by atoms with E-state index in [1.165, 1.54) is 0 Å². The number of benzene rings is 1. The van der Waals surface area contributed by atoms with Crippen molar-refractivity contribution in [1.82, 2.24) is 4.98 Å². The zero-order valence-corrected chi connectivity index (χ0v) is 13.4. The summed E-state index contributed by atoms with van der Waals surface area (Å²) in [5.41, 5.74) is 6.61. The molecule has 24 heavy (non-hydrogen) atoms. The van der Waals surface area contributed by atoms with E-state index in [9.17, 15) is 9.59 Å².